The fraction of sp³-hybridized carbons (Fsp3) is 0.214. The zero-order valence-corrected chi connectivity index (χ0v) is 13.3. The van der Waals surface area contributed by atoms with Gasteiger partial charge in [0, 0.05) is 16.7 Å². The first-order valence-electron chi connectivity index (χ1n) is 6.14. The highest BCUT2D eigenvalue weighted by atomic mass is 35.6. The molecule has 2 rings (SSSR count). The minimum atomic E-state index is -1.72. The Morgan fingerprint density at radius 2 is 1.77 bits per heavy atom. The number of carbonyl (C=O) groups is 3. The summed E-state index contributed by atoms with van der Waals surface area (Å²) in [5.41, 5.74) is 0.811. The fourth-order valence-electron chi connectivity index (χ4n) is 1.87. The summed E-state index contributed by atoms with van der Waals surface area (Å²) in [6.45, 7) is -0.587. The number of amides is 1. The third-order valence-corrected chi connectivity index (χ3v) is 3.15. The molecule has 5 nitrogen and oxygen atoms in total. The Bertz CT molecular complexity index is 664. The highest BCUT2D eigenvalue weighted by Crippen LogP contribution is 2.26. The molecule has 0 radical (unpaired) electrons. The zero-order valence-electron chi connectivity index (χ0n) is 11.1. The number of rotatable bonds is 3. The number of Topliss-reactive ketones (excluding diaryl/α,β-unsaturated/α-hetero) is 1. The predicted molar refractivity (Wildman–Crippen MR) is 82.8 cm³/mol. The summed E-state index contributed by atoms with van der Waals surface area (Å²) in [4.78, 5) is 35.6. The van der Waals surface area contributed by atoms with Gasteiger partial charge in [0.25, 0.3) is 0 Å². The fourth-order valence-corrected chi connectivity index (χ4v) is 2.03. The summed E-state index contributed by atoms with van der Waals surface area (Å²) >= 11 is 16.3. The van der Waals surface area contributed by atoms with E-state index in [2.05, 4.69) is 10.1 Å². The summed E-state index contributed by atoms with van der Waals surface area (Å²) < 4.78 is 2.94. The number of fused-ring (bicyclic) bond motifs is 1. The van der Waals surface area contributed by atoms with Crippen LogP contribution in [0.25, 0.3) is 0 Å². The molecule has 22 heavy (non-hydrogen) atoms. The van der Waals surface area contributed by atoms with E-state index in [1.54, 1.807) is 24.3 Å². The molecule has 0 saturated heterocycles. The largest absolute Gasteiger partial charge is 0.445 e. The molecule has 0 heterocycles. The minimum Gasteiger partial charge on any atom is -0.445 e. The standard InChI is InChI=1S/C14H10Cl3NO4/c15-14(16,17)7-22-13(21)18-6-8-5-11(19)9-3-1-2-4-10(9)12(8)20/h1-5H,6-7H2,(H,18,21). The number of halogens is 3. The van der Waals surface area contributed by atoms with Crippen LogP contribution in [0.15, 0.2) is 35.9 Å². The first kappa shape index (κ1) is 16.8. The second-order valence-corrected chi connectivity index (χ2v) is 6.97. The van der Waals surface area contributed by atoms with Crippen molar-refractivity contribution in [2.75, 3.05) is 13.2 Å². The van der Waals surface area contributed by atoms with Crippen molar-refractivity contribution in [1.29, 1.82) is 0 Å². The van der Waals surface area contributed by atoms with E-state index in [0.29, 0.717) is 11.1 Å². The van der Waals surface area contributed by atoms with Crippen molar-refractivity contribution in [2.45, 2.75) is 3.79 Å². The van der Waals surface area contributed by atoms with Gasteiger partial charge in [-0.1, -0.05) is 59.1 Å². The average Bonchev–Trinajstić information content (AvgIpc) is 2.47. The Balaban J connectivity index is 1.99. The first-order valence-corrected chi connectivity index (χ1v) is 7.27. The molecule has 0 saturated carbocycles. The van der Waals surface area contributed by atoms with Crippen LogP contribution in [0.4, 0.5) is 4.79 Å². The van der Waals surface area contributed by atoms with Crippen molar-refractivity contribution >= 4 is 52.5 Å². The number of alkyl halides is 3. The van der Waals surface area contributed by atoms with Crippen molar-refractivity contribution in [2.24, 2.45) is 0 Å². The lowest BCUT2D eigenvalue weighted by atomic mass is 9.89. The van der Waals surface area contributed by atoms with Gasteiger partial charge < -0.3 is 10.1 Å². The molecule has 1 aromatic carbocycles. The van der Waals surface area contributed by atoms with Crippen molar-refractivity contribution in [1.82, 2.24) is 5.32 Å². The molecule has 0 spiro atoms. The van der Waals surface area contributed by atoms with Gasteiger partial charge in [-0.25, -0.2) is 4.79 Å². The Kier molecular flexibility index (Phi) is 5.11. The number of hydrogen-bond donors (Lipinski definition) is 1. The van der Waals surface area contributed by atoms with Gasteiger partial charge in [-0.15, -0.1) is 0 Å². The van der Waals surface area contributed by atoms with Crippen LogP contribution in [0.2, 0.25) is 0 Å². The Labute approximate surface area is 141 Å². The van der Waals surface area contributed by atoms with Gasteiger partial charge in [0.2, 0.25) is 3.79 Å². The number of nitrogens with one attached hydrogen (secondary N) is 1. The molecule has 8 heteroatoms. The molecule has 116 valence electrons. The molecule has 0 unspecified atom stereocenters. The van der Waals surface area contributed by atoms with Gasteiger partial charge in [-0.05, 0) is 6.08 Å². The second kappa shape index (κ2) is 6.69. The third kappa shape index (κ3) is 4.22. The van der Waals surface area contributed by atoms with Crippen LogP contribution in [0.5, 0.6) is 0 Å². The van der Waals surface area contributed by atoms with E-state index in [-0.39, 0.29) is 23.7 Å². The summed E-state index contributed by atoms with van der Waals surface area (Å²) in [7, 11) is 0. The van der Waals surface area contributed by atoms with Gasteiger partial charge in [-0.3, -0.25) is 9.59 Å². The molecule has 1 aliphatic carbocycles. The average molecular weight is 363 g/mol. The minimum absolute atomic E-state index is 0.155. The molecule has 0 bridgehead atoms. The molecule has 0 fully saturated rings. The highest BCUT2D eigenvalue weighted by molar-refractivity contribution is 6.67. The van der Waals surface area contributed by atoms with Crippen molar-refractivity contribution in [3.63, 3.8) is 0 Å². The van der Waals surface area contributed by atoms with Gasteiger partial charge in [0.1, 0.15) is 6.61 Å². The zero-order chi connectivity index (χ0) is 16.3. The van der Waals surface area contributed by atoms with Gasteiger partial charge in [0.15, 0.2) is 11.6 Å². The Morgan fingerprint density at radius 1 is 1.14 bits per heavy atom. The van der Waals surface area contributed by atoms with Crippen LogP contribution >= 0.6 is 34.8 Å². The maximum Gasteiger partial charge on any atom is 0.407 e. The Hall–Kier alpha value is -1.56. The maximum atomic E-state index is 12.2. The molecule has 1 aliphatic rings. The smallest absolute Gasteiger partial charge is 0.407 e. The number of ether oxygens (including phenoxy) is 1. The lowest BCUT2D eigenvalue weighted by Gasteiger charge is -2.16. The third-order valence-electron chi connectivity index (χ3n) is 2.82. The van der Waals surface area contributed by atoms with Gasteiger partial charge >= 0.3 is 6.09 Å². The van der Waals surface area contributed by atoms with E-state index in [9.17, 15) is 14.4 Å². The lowest BCUT2D eigenvalue weighted by Crippen LogP contribution is -2.32. The van der Waals surface area contributed by atoms with E-state index >= 15 is 0 Å². The van der Waals surface area contributed by atoms with Crippen LogP contribution in [0.1, 0.15) is 20.7 Å². The van der Waals surface area contributed by atoms with Crippen molar-refractivity contribution in [3.05, 3.63) is 47.0 Å². The van der Waals surface area contributed by atoms with Gasteiger partial charge in [-0.2, -0.15) is 0 Å². The molecule has 1 aromatic rings. The number of allylic oxidation sites excluding steroid dienone is 1. The summed E-state index contributed by atoms with van der Waals surface area (Å²) in [6, 6.07) is 6.47. The van der Waals surface area contributed by atoms with E-state index in [4.69, 9.17) is 34.8 Å². The highest BCUT2D eigenvalue weighted by Gasteiger charge is 2.26. The number of alkyl carbamates (subject to hydrolysis) is 1. The lowest BCUT2D eigenvalue weighted by molar-refractivity contribution is 0.0981. The summed E-state index contributed by atoms with van der Waals surface area (Å²) in [5.74, 6) is -0.612. The molecule has 0 aliphatic heterocycles. The number of carbonyl (C=O) groups excluding carboxylic acids is 3. The van der Waals surface area contributed by atoms with Crippen LogP contribution in [-0.2, 0) is 4.74 Å². The monoisotopic (exact) mass is 361 g/mol. The van der Waals surface area contributed by atoms with E-state index < -0.39 is 16.5 Å². The van der Waals surface area contributed by atoms with E-state index in [1.165, 1.54) is 6.08 Å². The van der Waals surface area contributed by atoms with Crippen molar-refractivity contribution < 1.29 is 19.1 Å². The summed E-state index contributed by atoms with van der Waals surface area (Å²) in [5, 5.41) is 2.33. The number of benzene rings is 1. The molecule has 0 aromatic heterocycles. The van der Waals surface area contributed by atoms with Crippen molar-refractivity contribution in [3.8, 4) is 0 Å². The summed E-state index contributed by atoms with van der Waals surface area (Å²) in [6.07, 6.45) is 0.339. The quantitative estimate of drug-likeness (QED) is 0.839. The molecule has 1 N–H and O–H groups in total. The van der Waals surface area contributed by atoms with E-state index in [0.717, 1.165) is 0 Å². The normalized spacial score (nSPS) is 14.2. The SMILES string of the molecule is O=C(NCC1=CC(=O)c2ccccc2C1=O)OCC(Cl)(Cl)Cl. The topological polar surface area (TPSA) is 72.5 Å². The Morgan fingerprint density at radius 3 is 2.41 bits per heavy atom. The molecule has 0 atom stereocenters. The van der Waals surface area contributed by atoms with Crippen LogP contribution in [0, 0.1) is 0 Å². The first-order chi connectivity index (χ1) is 10.3. The molecule has 1 amide bonds. The number of hydrogen-bond acceptors (Lipinski definition) is 4. The van der Waals surface area contributed by atoms with Crippen LogP contribution in [-0.4, -0.2) is 34.6 Å². The number of ketones is 2. The molecular weight excluding hydrogens is 353 g/mol. The molecular formula is C14H10Cl3NO4. The predicted octanol–water partition coefficient (Wildman–Crippen LogP) is 3.09. The second-order valence-electron chi connectivity index (χ2n) is 4.45. The maximum absolute atomic E-state index is 12.2. The van der Waals surface area contributed by atoms with E-state index in [1.807, 2.05) is 0 Å². The van der Waals surface area contributed by atoms with Crippen LogP contribution < -0.4 is 5.32 Å². The van der Waals surface area contributed by atoms with Gasteiger partial charge in [0.05, 0.1) is 6.54 Å². The van der Waals surface area contributed by atoms with Crippen LogP contribution in [0.3, 0.4) is 0 Å².